The van der Waals surface area contributed by atoms with Crippen LogP contribution in [0.15, 0.2) is 66.7 Å². The van der Waals surface area contributed by atoms with Gasteiger partial charge < -0.3 is 15.2 Å². The van der Waals surface area contributed by atoms with Crippen molar-refractivity contribution >= 4 is 29.2 Å². The zero-order chi connectivity index (χ0) is 19.9. The molecular weight excluding hydrogens is 397 g/mol. The van der Waals surface area contributed by atoms with E-state index in [1.807, 2.05) is 42.5 Å². The first kappa shape index (κ1) is 20.2. The SMILES string of the molecule is O=C(O)c1ccc(CNCc2cccc(OCc3ccc(Cl)c(Cl)c3)c2)cc1. The first-order valence-electron chi connectivity index (χ1n) is 8.70. The Morgan fingerprint density at radius 3 is 2.29 bits per heavy atom. The van der Waals surface area contributed by atoms with Crippen LogP contribution in [0.1, 0.15) is 27.0 Å². The lowest BCUT2D eigenvalue weighted by Crippen LogP contribution is -2.12. The van der Waals surface area contributed by atoms with Crippen LogP contribution < -0.4 is 10.1 Å². The highest BCUT2D eigenvalue weighted by Crippen LogP contribution is 2.23. The molecule has 0 amide bonds. The summed E-state index contributed by atoms with van der Waals surface area (Å²) in [6.07, 6.45) is 0. The largest absolute Gasteiger partial charge is 0.489 e. The molecule has 2 N–H and O–H groups in total. The molecule has 144 valence electrons. The summed E-state index contributed by atoms with van der Waals surface area (Å²) in [5.41, 5.74) is 3.35. The standard InChI is InChI=1S/C22H19Cl2NO3/c23-20-9-6-17(11-21(20)24)14-28-19-3-1-2-16(10-19)13-25-12-15-4-7-18(8-5-15)22(26)27/h1-11,25H,12-14H2,(H,26,27). The van der Waals surface area contributed by atoms with E-state index in [1.54, 1.807) is 24.3 Å². The molecule has 0 aliphatic carbocycles. The maximum absolute atomic E-state index is 10.9. The molecule has 0 aliphatic rings. The average molecular weight is 416 g/mol. The fraction of sp³-hybridized carbons (Fsp3) is 0.136. The molecule has 0 heterocycles. The minimum atomic E-state index is -0.919. The Hall–Kier alpha value is -2.53. The van der Waals surface area contributed by atoms with Gasteiger partial charge in [0.1, 0.15) is 12.4 Å². The van der Waals surface area contributed by atoms with E-state index < -0.39 is 5.97 Å². The molecule has 0 atom stereocenters. The van der Waals surface area contributed by atoms with Gasteiger partial charge in [0.25, 0.3) is 0 Å². The van der Waals surface area contributed by atoms with Gasteiger partial charge in [0.15, 0.2) is 0 Å². The lowest BCUT2D eigenvalue weighted by atomic mass is 10.1. The van der Waals surface area contributed by atoms with Crippen LogP contribution in [0.25, 0.3) is 0 Å². The van der Waals surface area contributed by atoms with Gasteiger partial charge in [-0.25, -0.2) is 4.79 Å². The van der Waals surface area contributed by atoms with Crippen molar-refractivity contribution in [1.29, 1.82) is 0 Å². The molecule has 0 saturated carbocycles. The number of carboxylic acids is 1. The Balaban J connectivity index is 1.51. The Morgan fingerprint density at radius 2 is 1.57 bits per heavy atom. The van der Waals surface area contributed by atoms with Gasteiger partial charge in [-0.1, -0.05) is 53.5 Å². The van der Waals surface area contributed by atoms with E-state index in [0.717, 1.165) is 22.4 Å². The fourth-order valence-electron chi connectivity index (χ4n) is 2.66. The first-order chi connectivity index (χ1) is 13.5. The summed E-state index contributed by atoms with van der Waals surface area (Å²) in [6, 6.07) is 20.1. The molecule has 0 bridgehead atoms. The number of carboxylic acid groups (broad SMARTS) is 1. The van der Waals surface area contributed by atoms with E-state index in [2.05, 4.69) is 5.32 Å². The summed E-state index contributed by atoms with van der Waals surface area (Å²) >= 11 is 12.0. The van der Waals surface area contributed by atoms with Gasteiger partial charge in [-0.05, 0) is 53.1 Å². The third-order valence-corrected chi connectivity index (χ3v) is 4.89. The van der Waals surface area contributed by atoms with Crippen LogP contribution >= 0.6 is 23.2 Å². The summed E-state index contributed by atoms with van der Waals surface area (Å²) in [6.45, 7) is 1.72. The highest BCUT2D eigenvalue weighted by atomic mass is 35.5. The molecule has 3 rings (SSSR count). The van der Waals surface area contributed by atoms with Crippen molar-refractivity contribution in [2.24, 2.45) is 0 Å². The number of hydrogen-bond acceptors (Lipinski definition) is 3. The van der Waals surface area contributed by atoms with Gasteiger partial charge in [0.05, 0.1) is 15.6 Å². The van der Waals surface area contributed by atoms with Crippen molar-refractivity contribution < 1.29 is 14.6 Å². The number of benzene rings is 3. The Morgan fingerprint density at radius 1 is 0.857 bits per heavy atom. The van der Waals surface area contributed by atoms with Gasteiger partial charge in [-0.2, -0.15) is 0 Å². The highest BCUT2D eigenvalue weighted by Gasteiger charge is 2.03. The Labute approximate surface area is 173 Å². The molecule has 0 radical (unpaired) electrons. The van der Waals surface area contributed by atoms with Crippen molar-refractivity contribution in [3.05, 3.63) is 99.0 Å². The van der Waals surface area contributed by atoms with Gasteiger partial charge in [-0.3, -0.25) is 0 Å². The summed E-state index contributed by atoms with van der Waals surface area (Å²) < 4.78 is 5.84. The van der Waals surface area contributed by atoms with Crippen LogP contribution in [0, 0.1) is 0 Å². The first-order valence-corrected chi connectivity index (χ1v) is 9.45. The predicted molar refractivity (Wildman–Crippen MR) is 111 cm³/mol. The average Bonchev–Trinajstić information content (AvgIpc) is 2.70. The van der Waals surface area contributed by atoms with Crippen LogP contribution in [-0.4, -0.2) is 11.1 Å². The van der Waals surface area contributed by atoms with E-state index in [9.17, 15) is 4.79 Å². The molecule has 0 fully saturated rings. The van der Waals surface area contributed by atoms with Crippen molar-refractivity contribution in [2.75, 3.05) is 0 Å². The minimum absolute atomic E-state index is 0.288. The molecule has 0 unspecified atom stereocenters. The molecule has 0 aromatic heterocycles. The third-order valence-electron chi connectivity index (χ3n) is 4.15. The van der Waals surface area contributed by atoms with Gasteiger partial charge in [-0.15, -0.1) is 0 Å². The zero-order valence-corrected chi connectivity index (χ0v) is 16.5. The van der Waals surface area contributed by atoms with E-state index in [-0.39, 0.29) is 5.56 Å². The molecule has 3 aromatic rings. The lowest BCUT2D eigenvalue weighted by Gasteiger charge is -2.10. The molecule has 3 aromatic carbocycles. The summed E-state index contributed by atoms with van der Waals surface area (Å²) in [7, 11) is 0. The van der Waals surface area contributed by atoms with Crippen LogP contribution in [-0.2, 0) is 19.7 Å². The van der Waals surface area contributed by atoms with Gasteiger partial charge in [0.2, 0.25) is 0 Å². The lowest BCUT2D eigenvalue weighted by molar-refractivity contribution is 0.0697. The fourth-order valence-corrected chi connectivity index (χ4v) is 2.98. The topological polar surface area (TPSA) is 58.6 Å². The smallest absolute Gasteiger partial charge is 0.335 e. The summed E-state index contributed by atoms with van der Waals surface area (Å²) in [5.74, 6) is -0.145. The number of rotatable bonds is 8. The van der Waals surface area contributed by atoms with Gasteiger partial charge in [0, 0.05) is 13.1 Å². The number of halogens is 2. The van der Waals surface area contributed by atoms with Crippen molar-refractivity contribution in [3.63, 3.8) is 0 Å². The molecule has 28 heavy (non-hydrogen) atoms. The van der Waals surface area contributed by atoms with Crippen molar-refractivity contribution in [3.8, 4) is 5.75 Å². The second-order valence-corrected chi connectivity index (χ2v) is 7.10. The van der Waals surface area contributed by atoms with Crippen LogP contribution in [0.5, 0.6) is 5.75 Å². The van der Waals surface area contributed by atoms with Crippen LogP contribution in [0.4, 0.5) is 0 Å². The number of hydrogen-bond donors (Lipinski definition) is 2. The minimum Gasteiger partial charge on any atom is -0.489 e. The third kappa shape index (κ3) is 5.73. The van der Waals surface area contributed by atoms with E-state index in [1.165, 1.54) is 0 Å². The maximum atomic E-state index is 10.9. The number of ether oxygens (including phenoxy) is 1. The van der Waals surface area contributed by atoms with Crippen LogP contribution in [0.2, 0.25) is 10.0 Å². The molecular formula is C22H19Cl2NO3. The molecule has 4 nitrogen and oxygen atoms in total. The van der Waals surface area contributed by atoms with Crippen molar-refractivity contribution in [1.82, 2.24) is 5.32 Å². The monoisotopic (exact) mass is 415 g/mol. The van der Waals surface area contributed by atoms with E-state index >= 15 is 0 Å². The van der Waals surface area contributed by atoms with E-state index in [4.69, 9.17) is 33.0 Å². The molecule has 0 aliphatic heterocycles. The summed E-state index contributed by atoms with van der Waals surface area (Å²) in [4.78, 5) is 10.9. The van der Waals surface area contributed by atoms with Crippen molar-refractivity contribution in [2.45, 2.75) is 19.7 Å². The second kappa shape index (κ2) is 9.60. The number of aromatic carboxylic acids is 1. The number of nitrogens with one attached hydrogen (secondary N) is 1. The Bertz CT molecular complexity index is 958. The second-order valence-electron chi connectivity index (χ2n) is 6.29. The summed E-state index contributed by atoms with van der Waals surface area (Å²) in [5, 5.41) is 13.3. The predicted octanol–water partition coefficient (Wildman–Crippen LogP) is 5.56. The molecule has 0 saturated heterocycles. The number of carbonyl (C=O) groups is 1. The van der Waals surface area contributed by atoms with Crippen LogP contribution in [0.3, 0.4) is 0 Å². The van der Waals surface area contributed by atoms with Gasteiger partial charge >= 0.3 is 5.97 Å². The molecule has 6 heteroatoms. The quantitative estimate of drug-likeness (QED) is 0.505. The highest BCUT2D eigenvalue weighted by molar-refractivity contribution is 6.42. The zero-order valence-electron chi connectivity index (χ0n) is 15.0. The van der Waals surface area contributed by atoms with E-state index in [0.29, 0.717) is 29.7 Å². The normalized spacial score (nSPS) is 10.6. The Kier molecular flexibility index (Phi) is 6.93. The molecule has 0 spiro atoms. The maximum Gasteiger partial charge on any atom is 0.335 e.